The van der Waals surface area contributed by atoms with Crippen molar-refractivity contribution >= 4 is 0 Å². The second-order valence-corrected chi connectivity index (χ2v) is 4.00. The van der Waals surface area contributed by atoms with Gasteiger partial charge in [0.1, 0.15) is 5.75 Å². The molecule has 3 heteroatoms. The van der Waals surface area contributed by atoms with E-state index in [-0.39, 0.29) is 0 Å². The fourth-order valence-electron chi connectivity index (χ4n) is 2.01. The predicted octanol–water partition coefficient (Wildman–Crippen LogP) is 3.77. The number of para-hydroxylation sites is 1. The number of benzene rings is 2. The van der Waals surface area contributed by atoms with Gasteiger partial charge in [0.15, 0.2) is 11.5 Å². The molecule has 19 heavy (non-hydrogen) atoms. The molecular weight excluding hydrogens is 240 g/mol. The Hall–Kier alpha value is -2.16. The Kier molecular flexibility index (Phi) is 4.29. The summed E-state index contributed by atoms with van der Waals surface area (Å²) in [5, 5.41) is 0. The van der Waals surface area contributed by atoms with Crippen molar-refractivity contribution in [2.75, 3.05) is 20.8 Å². The molecule has 0 atom stereocenters. The molecule has 0 saturated carbocycles. The highest BCUT2D eigenvalue weighted by atomic mass is 16.5. The average Bonchev–Trinajstić information content (AvgIpc) is 2.47. The molecule has 0 N–H and O–H groups in total. The van der Waals surface area contributed by atoms with Crippen molar-refractivity contribution in [2.45, 2.75) is 6.92 Å². The van der Waals surface area contributed by atoms with Gasteiger partial charge in [0.25, 0.3) is 0 Å². The van der Waals surface area contributed by atoms with E-state index in [9.17, 15) is 0 Å². The fourth-order valence-corrected chi connectivity index (χ4v) is 2.01. The summed E-state index contributed by atoms with van der Waals surface area (Å²) in [4.78, 5) is 0. The SMILES string of the molecule is CCOc1ccc(-c2cccc(OC)c2OC)cc1. The van der Waals surface area contributed by atoms with Crippen molar-refractivity contribution in [1.29, 1.82) is 0 Å². The molecule has 0 spiro atoms. The van der Waals surface area contributed by atoms with Gasteiger partial charge in [-0.05, 0) is 30.7 Å². The van der Waals surface area contributed by atoms with Crippen LogP contribution in [0.1, 0.15) is 6.92 Å². The molecule has 100 valence electrons. The van der Waals surface area contributed by atoms with Gasteiger partial charge in [-0.3, -0.25) is 0 Å². The zero-order valence-electron chi connectivity index (χ0n) is 11.5. The zero-order chi connectivity index (χ0) is 13.7. The van der Waals surface area contributed by atoms with Gasteiger partial charge in [-0.1, -0.05) is 24.3 Å². The second-order valence-electron chi connectivity index (χ2n) is 4.00. The largest absolute Gasteiger partial charge is 0.494 e. The van der Waals surface area contributed by atoms with E-state index < -0.39 is 0 Å². The van der Waals surface area contributed by atoms with Crippen LogP contribution in [-0.2, 0) is 0 Å². The Balaban J connectivity index is 2.40. The molecule has 0 heterocycles. The molecule has 0 fully saturated rings. The molecule has 0 radical (unpaired) electrons. The van der Waals surface area contributed by atoms with Crippen LogP contribution in [0.15, 0.2) is 42.5 Å². The molecule has 0 amide bonds. The molecule has 0 aromatic heterocycles. The fraction of sp³-hybridized carbons (Fsp3) is 0.250. The van der Waals surface area contributed by atoms with Crippen LogP contribution < -0.4 is 14.2 Å². The minimum Gasteiger partial charge on any atom is -0.494 e. The monoisotopic (exact) mass is 258 g/mol. The molecule has 2 rings (SSSR count). The highest BCUT2D eigenvalue weighted by Gasteiger charge is 2.11. The van der Waals surface area contributed by atoms with Gasteiger partial charge in [-0.25, -0.2) is 0 Å². The van der Waals surface area contributed by atoms with Crippen LogP contribution >= 0.6 is 0 Å². The standard InChI is InChI=1S/C16H18O3/c1-4-19-13-10-8-12(9-11-13)14-6-5-7-15(17-2)16(14)18-3/h5-11H,4H2,1-3H3. The van der Waals surface area contributed by atoms with E-state index >= 15 is 0 Å². The topological polar surface area (TPSA) is 27.7 Å². The Morgan fingerprint density at radius 3 is 2.21 bits per heavy atom. The van der Waals surface area contributed by atoms with E-state index in [1.54, 1.807) is 14.2 Å². The van der Waals surface area contributed by atoms with Gasteiger partial charge in [-0.2, -0.15) is 0 Å². The van der Waals surface area contributed by atoms with Crippen molar-refractivity contribution in [2.24, 2.45) is 0 Å². The normalized spacial score (nSPS) is 10.1. The maximum absolute atomic E-state index is 5.44. The summed E-state index contributed by atoms with van der Waals surface area (Å²) in [6.07, 6.45) is 0. The Morgan fingerprint density at radius 1 is 0.895 bits per heavy atom. The third-order valence-corrected chi connectivity index (χ3v) is 2.88. The number of ether oxygens (including phenoxy) is 3. The minimum absolute atomic E-state index is 0.668. The molecule has 0 aliphatic carbocycles. The second kappa shape index (κ2) is 6.14. The average molecular weight is 258 g/mol. The first-order chi connectivity index (χ1) is 9.30. The summed E-state index contributed by atoms with van der Waals surface area (Å²) in [6.45, 7) is 2.64. The van der Waals surface area contributed by atoms with E-state index in [0.717, 1.165) is 28.4 Å². The zero-order valence-corrected chi connectivity index (χ0v) is 11.5. The minimum atomic E-state index is 0.668. The van der Waals surface area contributed by atoms with Crippen LogP contribution in [0.3, 0.4) is 0 Å². The van der Waals surface area contributed by atoms with Crippen LogP contribution in [0.5, 0.6) is 17.2 Å². The lowest BCUT2D eigenvalue weighted by Crippen LogP contribution is -1.94. The summed E-state index contributed by atoms with van der Waals surface area (Å²) in [7, 11) is 3.29. The maximum atomic E-state index is 5.44. The number of rotatable bonds is 5. The van der Waals surface area contributed by atoms with E-state index in [1.807, 2.05) is 49.4 Å². The van der Waals surface area contributed by atoms with E-state index in [4.69, 9.17) is 14.2 Å². The lowest BCUT2D eigenvalue weighted by atomic mass is 10.0. The first-order valence-corrected chi connectivity index (χ1v) is 6.24. The van der Waals surface area contributed by atoms with Gasteiger partial charge in [0, 0.05) is 5.56 Å². The number of methoxy groups -OCH3 is 2. The lowest BCUT2D eigenvalue weighted by Gasteiger charge is -2.13. The smallest absolute Gasteiger partial charge is 0.168 e. The molecule has 0 unspecified atom stereocenters. The molecular formula is C16H18O3. The first-order valence-electron chi connectivity index (χ1n) is 6.24. The lowest BCUT2D eigenvalue weighted by molar-refractivity contribution is 0.340. The van der Waals surface area contributed by atoms with Crippen LogP contribution in [0.4, 0.5) is 0 Å². The van der Waals surface area contributed by atoms with Crippen molar-refractivity contribution in [3.05, 3.63) is 42.5 Å². The molecule has 2 aromatic carbocycles. The van der Waals surface area contributed by atoms with E-state index in [2.05, 4.69) is 0 Å². The van der Waals surface area contributed by atoms with Gasteiger partial charge in [-0.15, -0.1) is 0 Å². The van der Waals surface area contributed by atoms with E-state index in [0.29, 0.717) is 6.61 Å². The summed E-state index contributed by atoms with van der Waals surface area (Å²) in [6, 6.07) is 13.8. The van der Waals surface area contributed by atoms with Crippen LogP contribution in [0.2, 0.25) is 0 Å². The van der Waals surface area contributed by atoms with Crippen molar-refractivity contribution < 1.29 is 14.2 Å². The Morgan fingerprint density at radius 2 is 1.63 bits per heavy atom. The maximum Gasteiger partial charge on any atom is 0.168 e. The van der Waals surface area contributed by atoms with Crippen molar-refractivity contribution in [3.63, 3.8) is 0 Å². The number of hydrogen-bond acceptors (Lipinski definition) is 3. The van der Waals surface area contributed by atoms with Crippen LogP contribution in [0.25, 0.3) is 11.1 Å². The molecule has 0 saturated heterocycles. The van der Waals surface area contributed by atoms with Crippen molar-refractivity contribution in [1.82, 2.24) is 0 Å². The van der Waals surface area contributed by atoms with Crippen LogP contribution in [0, 0.1) is 0 Å². The quantitative estimate of drug-likeness (QED) is 0.817. The summed E-state index contributed by atoms with van der Waals surface area (Å²) >= 11 is 0. The van der Waals surface area contributed by atoms with Gasteiger partial charge < -0.3 is 14.2 Å². The highest BCUT2D eigenvalue weighted by Crippen LogP contribution is 2.38. The molecule has 3 nitrogen and oxygen atoms in total. The van der Waals surface area contributed by atoms with Gasteiger partial charge in [0.05, 0.1) is 20.8 Å². The Labute approximate surface area is 113 Å². The summed E-state index contributed by atoms with van der Waals surface area (Å²) in [5.74, 6) is 2.34. The Bertz CT molecular complexity index is 532. The van der Waals surface area contributed by atoms with Crippen molar-refractivity contribution in [3.8, 4) is 28.4 Å². The molecule has 0 aliphatic rings. The van der Waals surface area contributed by atoms with Crippen LogP contribution in [-0.4, -0.2) is 20.8 Å². The third kappa shape index (κ3) is 2.81. The highest BCUT2D eigenvalue weighted by molar-refractivity contribution is 5.74. The first kappa shape index (κ1) is 13.3. The molecule has 2 aromatic rings. The molecule has 0 bridgehead atoms. The predicted molar refractivity (Wildman–Crippen MR) is 76.2 cm³/mol. The third-order valence-electron chi connectivity index (χ3n) is 2.88. The number of hydrogen-bond donors (Lipinski definition) is 0. The van der Waals surface area contributed by atoms with Gasteiger partial charge >= 0.3 is 0 Å². The summed E-state index contributed by atoms with van der Waals surface area (Å²) in [5.41, 5.74) is 2.07. The van der Waals surface area contributed by atoms with E-state index in [1.165, 1.54) is 0 Å². The van der Waals surface area contributed by atoms with Gasteiger partial charge in [0.2, 0.25) is 0 Å². The molecule has 0 aliphatic heterocycles. The summed E-state index contributed by atoms with van der Waals surface area (Å²) < 4.78 is 16.2.